The fraction of sp³-hybridized carbons (Fsp3) is 0.625. The quantitative estimate of drug-likeness (QED) is 0.383. The fourth-order valence-corrected chi connectivity index (χ4v) is 3.14. The van der Waals surface area contributed by atoms with E-state index < -0.39 is 11.5 Å². The molecule has 0 fully saturated rings. The van der Waals surface area contributed by atoms with Gasteiger partial charge in [0.15, 0.2) is 0 Å². The van der Waals surface area contributed by atoms with Crippen molar-refractivity contribution < 1.29 is 23.9 Å². The van der Waals surface area contributed by atoms with Crippen LogP contribution < -0.4 is 5.32 Å². The Labute approximate surface area is 180 Å². The molecule has 0 aliphatic heterocycles. The summed E-state index contributed by atoms with van der Waals surface area (Å²) in [7, 11) is 1.38. The van der Waals surface area contributed by atoms with Gasteiger partial charge in [-0.1, -0.05) is 43.2 Å². The molecule has 0 heterocycles. The van der Waals surface area contributed by atoms with Gasteiger partial charge in [0, 0.05) is 18.9 Å². The summed E-state index contributed by atoms with van der Waals surface area (Å²) in [4.78, 5) is 36.1. The third-order valence-corrected chi connectivity index (χ3v) is 4.65. The van der Waals surface area contributed by atoms with E-state index in [2.05, 4.69) is 22.2 Å². The molecule has 0 spiro atoms. The maximum Gasteiger partial charge on any atom is 0.307 e. The summed E-state index contributed by atoms with van der Waals surface area (Å²) >= 11 is 0. The molecule has 1 amide bonds. The first-order valence-electron chi connectivity index (χ1n) is 10.8. The zero-order chi connectivity index (χ0) is 22.4. The third kappa shape index (κ3) is 12.2. The van der Waals surface area contributed by atoms with Crippen LogP contribution in [-0.4, -0.2) is 37.1 Å². The lowest BCUT2D eigenvalue weighted by atomic mass is 9.96. The Kier molecular flexibility index (Phi) is 11.8. The Hall–Kier alpha value is -2.37. The van der Waals surface area contributed by atoms with Crippen molar-refractivity contribution in [3.8, 4) is 0 Å². The van der Waals surface area contributed by atoms with E-state index in [-0.39, 0.29) is 24.3 Å². The van der Waals surface area contributed by atoms with Crippen LogP contribution in [0, 0.1) is 5.92 Å². The number of benzene rings is 1. The van der Waals surface area contributed by atoms with Gasteiger partial charge in [-0.2, -0.15) is 0 Å². The molecule has 1 atom stereocenters. The molecule has 0 saturated carbocycles. The molecule has 0 aliphatic rings. The van der Waals surface area contributed by atoms with Gasteiger partial charge in [-0.05, 0) is 52.0 Å². The molecule has 0 aliphatic carbocycles. The number of nitrogens with one attached hydrogen (secondary N) is 1. The smallest absolute Gasteiger partial charge is 0.307 e. The number of hydrogen-bond acceptors (Lipinski definition) is 5. The van der Waals surface area contributed by atoms with Gasteiger partial charge in [0.05, 0.1) is 13.5 Å². The summed E-state index contributed by atoms with van der Waals surface area (Å²) in [6.07, 6.45) is 5.05. The molecule has 168 valence electrons. The van der Waals surface area contributed by atoms with Crippen LogP contribution in [0.4, 0.5) is 0 Å². The minimum Gasteiger partial charge on any atom is -0.469 e. The van der Waals surface area contributed by atoms with Crippen LogP contribution in [-0.2, 0) is 30.3 Å². The summed E-state index contributed by atoms with van der Waals surface area (Å²) in [5.41, 5.74) is 0.663. The minimum atomic E-state index is -0.575. The van der Waals surface area contributed by atoms with E-state index in [9.17, 15) is 14.4 Å². The molecule has 6 nitrogen and oxygen atoms in total. The Morgan fingerprint density at radius 2 is 1.67 bits per heavy atom. The maximum atomic E-state index is 12.7. The standard InChI is InChI=1S/C24H37NO5/c1-24(2,3)30-22(27)18-20(15-9-6-10-16-21(26)29-4)23(28)25-17-11-14-19-12-7-5-8-13-19/h5,7-8,12-13,20H,6,9-11,14-18H2,1-4H3,(H,25,28)/t20-/m0/s1. The van der Waals surface area contributed by atoms with E-state index in [1.807, 2.05) is 39.0 Å². The van der Waals surface area contributed by atoms with Gasteiger partial charge in [-0.3, -0.25) is 14.4 Å². The predicted molar refractivity (Wildman–Crippen MR) is 117 cm³/mol. The second-order valence-corrected chi connectivity index (χ2v) is 8.54. The highest BCUT2D eigenvalue weighted by Crippen LogP contribution is 2.18. The molecule has 30 heavy (non-hydrogen) atoms. The van der Waals surface area contributed by atoms with Crippen LogP contribution in [0.2, 0.25) is 0 Å². The first-order valence-corrected chi connectivity index (χ1v) is 10.8. The van der Waals surface area contributed by atoms with E-state index in [0.29, 0.717) is 25.8 Å². The van der Waals surface area contributed by atoms with Gasteiger partial charge in [0.2, 0.25) is 5.91 Å². The average molecular weight is 420 g/mol. The van der Waals surface area contributed by atoms with Crippen molar-refractivity contribution in [2.75, 3.05) is 13.7 Å². The summed E-state index contributed by atoms with van der Waals surface area (Å²) in [6.45, 7) is 6.02. The van der Waals surface area contributed by atoms with Crippen LogP contribution in [0.1, 0.15) is 71.3 Å². The van der Waals surface area contributed by atoms with Gasteiger partial charge in [0.1, 0.15) is 5.60 Å². The molecule has 1 rings (SSSR count). The number of carbonyl (C=O) groups excluding carboxylic acids is 3. The van der Waals surface area contributed by atoms with E-state index in [0.717, 1.165) is 25.7 Å². The Balaban J connectivity index is 2.47. The number of esters is 2. The van der Waals surface area contributed by atoms with Crippen LogP contribution in [0.5, 0.6) is 0 Å². The van der Waals surface area contributed by atoms with Gasteiger partial charge >= 0.3 is 11.9 Å². The molecule has 6 heteroatoms. The topological polar surface area (TPSA) is 81.7 Å². The van der Waals surface area contributed by atoms with Gasteiger partial charge < -0.3 is 14.8 Å². The molecule has 0 saturated heterocycles. The van der Waals surface area contributed by atoms with E-state index in [1.54, 1.807) is 0 Å². The second-order valence-electron chi connectivity index (χ2n) is 8.54. The maximum absolute atomic E-state index is 12.7. The van der Waals surface area contributed by atoms with Gasteiger partial charge in [-0.25, -0.2) is 0 Å². The van der Waals surface area contributed by atoms with E-state index >= 15 is 0 Å². The van der Waals surface area contributed by atoms with Crippen molar-refractivity contribution in [2.24, 2.45) is 5.92 Å². The molecule has 1 aromatic rings. The van der Waals surface area contributed by atoms with Crippen molar-refractivity contribution in [1.29, 1.82) is 0 Å². The first-order chi connectivity index (χ1) is 14.2. The van der Waals surface area contributed by atoms with Crippen molar-refractivity contribution in [1.82, 2.24) is 5.32 Å². The molecular formula is C24H37NO5. The SMILES string of the molecule is COC(=O)CCCCC[C@@H](CC(=O)OC(C)(C)C)C(=O)NCCCc1ccccc1. The second kappa shape index (κ2) is 13.8. The average Bonchev–Trinajstić information content (AvgIpc) is 2.69. The van der Waals surface area contributed by atoms with Crippen molar-refractivity contribution in [2.45, 2.75) is 77.7 Å². The highest BCUT2D eigenvalue weighted by atomic mass is 16.6. The summed E-state index contributed by atoms with van der Waals surface area (Å²) < 4.78 is 10.0. The Bertz CT molecular complexity index is 651. The molecular weight excluding hydrogens is 382 g/mol. The summed E-state index contributed by atoms with van der Waals surface area (Å²) in [5, 5.41) is 2.97. The van der Waals surface area contributed by atoms with Crippen LogP contribution in [0.25, 0.3) is 0 Å². The number of unbranched alkanes of at least 4 members (excludes halogenated alkanes) is 2. The monoisotopic (exact) mass is 419 g/mol. The predicted octanol–water partition coefficient (Wildman–Crippen LogP) is 4.21. The molecule has 0 aromatic heterocycles. The lowest BCUT2D eigenvalue weighted by Crippen LogP contribution is -2.34. The number of ether oxygens (including phenoxy) is 2. The summed E-state index contributed by atoms with van der Waals surface area (Å²) in [6, 6.07) is 10.1. The first kappa shape index (κ1) is 25.7. The largest absolute Gasteiger partial charge is 0.469 e. The number of carbonyl (C=O) groups is 3. The number of hydrogen-bond donors (Lipinski definition) is 1. The molecule has 1 N–H and O–H groups in total. The van der Waals surface area contributed by atoms with Crippen molar-refractivity contribution >= 4 is 17.8 Å². The molecule has 0 unspecified atom stereocenters. The van der Waals surface area contributed by atoms with E-state index in [4.69, 9.17) is 4.74 Å². The lowest BCUT2D eigenvalue weighted by molar-refractivity contribution is -0.157. The van der Waals surface area contributed by atoms with Crippen LogP contribution >= 0.6 is 0 Å². The molecule has 1 aromatic carbocycles. The number of amides is 1. The number of methoxy groups -OCH3 is 1. The Morgan fingerprint density at radius 3 is 2.30 bits per heavy atom. The molecule has 0 bridgehead atoms. The summed E-state index contributed by atoms with van der Waals surface area (Å²) in [5.74, 6) is -1.12. The Morgan fingerprint density at radius 1 is 0.967 bits per heavy atom. The molecule has 0 radical (unpaired) electrons. The van der Waals surface area contributed by atoms with Crippen molar-refractivity contribution in [3.05, 3.63) is 35.9 Å². The van der Waals surface area contributed by atoms with E-state index in [1.165, 1.54) is 12.7 Å². The van der Waals surface area contributed by atoms with Crippen LogP contribution in [0.15, 0.2) is 30.3 Å². The van der Waals surface area contributed by atoms with Crippen LogP contribution in [0.3, 0.4) is 0 Å². The normalized spacial score (nSPS) is 12.1. The van der Waals surface area contributed by atoms with Crippen molar-refractivity contribution in [3.63, 3.8) is 0 Å². The zero-order valence-corrected chi connectivity index (χ0v) is 18.9. The highest BCUT2D eigenvalue weighted by molar-refractivity contribution is 5.83. The van der Waals surface area contributed by atoms with Gasteiger partial charge in [0.25, 0.3) is 0 Å². The zero-order valence-electron chi connectivity index (χ0n) is 18.9. The third-order valence-electron chi connectivity index (χ3n) is 4.65. The highest BCUT2D eigenvalue weighted by Gasteiger charge is 2.25. The minimum absolute atomic E-state index is 0.0682. The number of rotatable bonds is 13. The lowest BCUT2D eigenvalue weighted by Gasteiger charge is -2.22. The number of aryl methyl sites for hydroxylation is 1. The fourth-order valence-electron chi connectivity index (χ4n) is 3.14. The van der Waals surface area contributed by atoms with Gasteiger partial charge in [-0.15, -0.1) is 0 Å².